The van der Waals surface area contributed by atoms with E-state index in [-0.39, 0.29) is 17.4 Å². The van der Waals surface area contributed by atoms with E-state index in [4.69, 9.17) is 9.15 Å². The molecule has 3 rings (SSSR count). The average Bonchev–Trinajstić information content (AvgIpc) is 3.24. The van der Waals surface area contributed by atoms with Crippen molar-refractivity contribution in [3.8, 4) is 5.75 Å². The van der Waals surface area contributed by atoms with Crippen LogP contribution in [0.2, 0.25) is 0 Å². The molecular formula is C21H20N2O4S. The van der Waals surface area contributed by atoms with Crippen LogP contribution >= 0.6 is 11.8 Å². The Balaban J connectivity index is 1.69. The third kappa shape index (κ3) is 5.17. The lowest BCUT2D eigenvalue weighted by molar-refractivity contribution is -0.113. The summed E-state index contributed by atoms with van der Waals surface area (Å²) in [5.41, 5.74) is 2.08. The molecule has 2 amide bonds. The zero-order chi connectivity index (χ0) is 19.9. The second-order valence-electron chi connectivity index (χ2n) is 5.99. The summed E-state index contributed by atoms with van der Waals surface area (Å²) in [6.45, 7) is 2.02. The molecule has 7 heteroatoms. The summed E-state index contributed by atoms with van der Waals surface area (Å²) in [6.07, 6.45) is 1.42. The van der Waals surface area contributed by atoms with Crippen molar-refractivity contribution in [2.45, 2.75) is 11.8 Å². The Hall–Kier alpha value is -3.19. The fourth-order valence-electron chi connectivity index (χ4n) is 2.42. The molecule has 1 aromatic heterocycles. The molecule has 0 radical (unpaired) electrons. The molecule has 0 fully saturated rings. The molecule has 0 bridgehead atoms. The molecule has 0 aliphatic carbocycles. The maximum Gasteiger partial charge on any atom is 0.291 e. The topological polar surface area (TPSA) is 80.6 Å². The van der Waals surface area contributed by atoms with Gasteiger partial charge in [0.25, 0.3) is 5.91 Å². The molecule has 0 aliphatic heterocycles. The number of hydrogen-bond acceptors (Lipinski definition) is 5. The van der Waals surface area contributed by atoms with Gasteiger partial charge in [-0.1, -0.05) is 17.7 Å². The lowest BCUT2D eigenvalue weighted by atomic mass is 10.2. The van der Waals surface area contributed by atoms with Crippen LogP contribution in [0.5, 0.6) is 5.75 Å². The maximum absolute atomic E-state index is 12.4. The monoisotopic (exact) mass is 396 g/mol. The van der Waals surface area contributed by atoms with Gasteiger partial charge in [0.05, 0.1) is 30.5 Å². The third-order valence-electron chi connectivity index (χ3n) is 3.88. The number of anilines is 2. The van der Waals surface area contributed by atoms with Gasteiger partial charge in [0, 0.05) is 11.0 Å². The summed E-state index contributed by atoms with van der Waals surface area (Å²) in [5.74, 6) is 0.402. The molecule has 0 aliphatic rings. The zero-order valence-corrected chi connectivity index (χ0v) is 16.3. The predicted octanol–water partition coefficient (Wildman–Crippen LogP) is 4.58. The van der Waals surface area contributed by atoms with Crippen LogP contribution in [0.1, 0.15) is 16.1 Å². The van der Waals surface area contributed by atoms with Crippen molar-refractivity contribution < 1.29 is 18.7 Å². The Morgan fingerprint density at radius 3 is 2.50 bits per heavy atom. The van der Waals surface area contributed by atoms with Crippen molar-refractivity contribution in [3.63, 3.8) is 0 Å². The predicted molar refractivity (Wildman–Crippen MR) is 110 cm³/mol. The number of methoxy groups -OCH3 is 1. The Bertz CT molecular complexity index is 953. The summed E-state index contributed by atoms with van der Waals surface area (Å²) >= 11 is 1.44. The highest BCUT2D eigenvalue weighted by Crippen LogP contribution is 2.28. The first kappa shape index (κ1) is 19.6. The van der Waals surface area contributed by atoms with Crippen LogP contribution in [0.15, 0.2) is 70.2 Å². The minimum absolute atomic E-state index is 0.183. The van der Waals surface area contributed by atoms with Gasteiger partial charge in [0.2, 0.25) is 5.91 Å². The third-order valence-corrected chi connectivity index (χ3v) is 4.90. The second-order valence-corrected chi connectivity index (χ2v) is 7.04. The molecular weight excluding hydrogens is 376 g/mol. The smallest absolute Gasteiger partial charge is 0.291 e. The molecule has 6 nitrogen and oxygen atoms in total. The number of hydrogen-bond donors (Lipinski definition) is 2. The number of aryl methyl sites for hydroxylation is 1. The van der Waals surface area contributed by atoms with Crippen molar-refractivity contribution >= 4 is 35.0 Å². The zero-order valence-electron chi connectivity index (χ0n) is 15.5. The van der Waals surface area contributed by atoms with Gasteiger partial charge < -0.3 is 19.8 Å². The van der Waals surface area contributed by atoms with Crippen molar-refractivity contribution in [1.29, 1.82) is 0 Å². The molecule has 0 unspecified atom stereocenters. The number of rotatable bonds is 7. The van der Waals surface area contributed by atoms with Gasteiger partial charge in [-0.15, -0.1) is 11.8 Å². The van der Waals surface area contributed by atoms with E-state index >= 15 is 0 Å². The first-order valence-corrected chi connectivity index (χ1v) is 9.56. The van der Waals surface area contributed by atoms with Crippen molar-refractivity contribution in [2.24, 2.45) is 0 Å². The van der Waals surface area contributed by atoms with E-state index < -0.39 is 5.91 Å². The van der Waals surface area contributed by atoms with Gasteiger partial charge >= 0.3 is 0 Å². The first-order chi connectivity index (χ1) is 13.5. The molecule has 144 valence electrons. The van der Waals surface area contributed by atoms with Crippen molar-refractivity contribution in [2.75, 3.05) is 23.5 Å². The molecule has 2 N–H and O–H groups in total. The van der Waals surface area contributed by atoms with E-state index in [0.29, 0.717) is 17.1 Å². The highest BCUT2D eigenvalue weighted by molar-refractivity contribution is 8.00. The van der Waals surface area contributed by atoms with Crippen LogP contribution in [0.4, 0.5) is 11.4 Å². The highest BCUT2D eigenvalue weighted by atomic mass is 32.2. The highest BCUT2D eigenvalue weighted by Gasteiger charge is 2.14. The summed E-state index contributed by atoms with van der Waals surface area (Å²) in [5, 5.41) is 5.57. The van der Waals surface area contributed by atoms with E-state index in [9.17, 15) is 9.59 Å². The number of ether oxygens (including phenoxy) is 1. The number of nitrogens with one attached hydrogen (secondary N) is 2. The largest absolute Gasteiger partial charge is 0.497 e. The van der Waals surface area contributed by atoms with Gasteiger partial charge in [-0.05, 0) is 43.3 Å². The summed E-state index contributed by atoms with van der Waals surface area (Å²) in [6, 6.07) is 16.2. The van der Waals surface area contributed by atoms with Crippen LogP contribution in [-0.2, 0) is 4.79 Å². The molecule has 0 spiro atoms. The quantitative estimate of drug-likeness (QED) is 0.572. The Labute approximate surface area is 167 Å². The summed E-state index contributed by atoms with van der Waals surface area (Å²) in [7, 11) is 1.54. The lowest BCUT2D eigenvalue weighted by Gasteiger charge is -2.13. The van der Waals surface area contributed by atoms with Crippen LogP contribution in [0.3, 0.4) is 0 Å². The molecule has 3 aromatic rings. The number of carbonyl (C=O) groups excluding carboxylic acids is 2. The summed E-state index contributed by atoms with van der Waals surface area (Å²) < 4.78 is 10.3. The number of carbonyl (C=O) groups is 2. The number of furan rings is 1. The SMILES string of the molecule is COc1ccc(NC(=O)c2ccco2)c(NC(=O)CSc2ccc(C)cc2)c1. The molecule has 0 saturated carbocycles. The Morgan fingerprint density at radius 1 is 1.04 bits per heavy atom. The molecule has 28 heavy (non-hydrogen) atoms. The van der Waals surface area contributed by atoms with E-state index in [1.165, 1.54) is 30.7 Å². The number of amides is 2. The van der Waals surface area contributed by atoms with E-state index in [1.54, 1.807) is 30.3 Å². The fourth-order valence-corrected chi connectivity index (χ4v) is 3.12. The van der Waals surface area contributed by atoms with Gasteiger partial charge in [0.1, 0.15) is 5.75 Å². The minimum atomic E-state index is -0.403. The first-order valence-electron chi connectivity index (χ1n) is 8.57. The average molecular weight is 396 g/mol. The fraction of sp³-hybridized carbons (Fsp3) is 0.143. The van der Waals surface area contributed by atoms with Crippen molar-refractivity contribution in [3.05, 3.63) is 72.2 Å². The van der Waals surface area contributed by atoms with Crippen LogP contribution in [0, 0.1) is 6.92 Å². The van der Waals surface area contributed by atoms with Gasteiger partial charge in [-0.25, -0.2) is 0 Å². The van der Waals surface area contributed by atoms with Gasteiger partial charge in [-0.2, -0.15) is 0 Å². The summed E-state index contributed by atoms with van der Waals surface area (Å²) in [4.78, 5) is 25.7. The lowest BCUT2D eigenvalue weighted by Crippen LogP contribution is -2.17. The number of benzene rings is 2. The molecule has 0 atom stereocenters. The van der Waals surface area contributed by atoms with Crippen LogP contribution in [-0.4, -0.2) is 24.7 Å². The number of thioether (sulfide) groups is 1. The van der Waals surface area contributed by atoms with Crippen LogP contribution in [0.25, 0.3) is 0 Å². The van der Waals surface area contributed by atoms with Gasteiger partial charge in [-0.3, -0.25) is 9.59 Å². The second kappa shape index (κ2) is 9.14. The van der Waals surface area contributed by atoms with E-state index in [2.05, 4.69) is 10.6 Å². The minimum Gasteiger partial charge on any atom is -0.497 e. The molecule has 1 heterocycles. The van der Waals surface area contributed by atoms with Crippen LogP contribution < -0.4 is 15.4 Å². The standard InChI is InChI=1S/C21H20N2O4S/c1-14-5-8-16(9-6-14)28-13-20(24)22-18-12-15(26-2)7-10-17(18)23-21(25)19-4-3-11-27-19/h3-12H,13H2,1-2H3,(H,22,24)(H,23,25). The Morgan fingerprint density at radius 2 is 1.82 bits per heavy atom. The van der Waals surface area contributed by atoms with E-state index in [1.807, 2.05) is 31.2 Å². The van der Waals surface area contributed by atoms with E-state index in [0.717, 1.165) is 4.90 Å². The normalized spacial score (nSPS) is 10.4. The Kier molecular flexibility index (Phi) is 6.39. The molecule has 0 saturated heterocycles. The van der Waals surface area contributed by atoms with Crippen molar-refractivity contribution in [1.82, 2.24) is 0 Å². The van der Waals surface area contributed by atoms with Gasteiger partial charge in [0.15, 0.2) is 5.76 Å². The molecule has 2 aromatic carbocycles. The maximum atomic E-state index is 12.4.